The van der Waals surface area contributed by atoms with Crippen molar-refractivity contribution >= 4 is 11.9 Å². The number of hydrogen-bond donors (Lipinski definition) is 0. The summed E-state index contributed by atoms with van der Waals surface area (Å²) in [5, 5.41) is 0. The quantitative estimate of drug-likeness (QED) is 0.657. The zero-order valence-corrected chi connectivity index (χ0v) is 17.8. The highest BCUT2D eigenvalue weighted by atomic mass is 16.5. The number of nitrogens with zero attached hydrogens (tertiary/aromatic N) is 2. The van der Waals surface area contributed by atoms with Gasteiger partial charge in [0, 0.05) is 39.1 Å². The van der Waals surface area contributed by atoms with Crippen molar-refractivity contribution in [3.63, 3.8) is 0 Å². The summed E-state index contributed by atoms with van der Waals surface area (Å²) >= 11 is 0. The van der Waals surface area contributed by atoms with Gasteiger partial charge in [0.25, 0.3) is 0 Å². The van der Waals surface area contributed by atoms with Gasteiger partial charge in [-0.2, -0.15) is 0 Å². The van der Waals surface area contributed by atoms with Gasteiger partial charge < -0.3 is 14.4 Å². The second kappa shape index (κ2) is 10.8. The fourth-order valence-corrected chi connectivity index (χ4v) is 3.70. The minimum atomic E-state index is -0.319. The van der Waals surface area contributed by atoms with E-state index in [2.05, 4.69) is 4.90 Å². The lowest BCUT2D eigenvalue weighted by Gasteiger charge is -2.22. The van der Waals surface area contributed by atoms with Gasteiger partial charge in [0.05, 0.1) is 19.8 Å². The number of esters is 1. The number of methoxy groups -OCH3 is 2. The third kappa shape index (κ3) is 6.07. The van der Waals surface area contributed by atoms with Crippen molar-refractivity contribution in [2.24, 2.45) is 0 Å². The maximum Gasteiger partial charge on any atom is 0.337 e. The fourth-order valence-electron chi connectivity index (χ4n) is 3.70. The first-order valence-electron chi connectivity index (χ1n) is 10.4. The van der Waals surface area contributed by atoms with Gasteiger partial charge in [-0.3, -0.25) is 9.69 Å². The molecule has 0 aliphatic carbocycles. The van der Waals surface area contributed by atoms with Crippen LogP contribution in [0.4, 0.5) is 0 Å². The first-order chi connectivity index (χ1) is 14.6. The molecule has 0 saturated carbocycles. The van der Waals surface area contributed by atoms with Crippen LogP contribution in [0.25, 0.3) is 0 Å². The van der Waals surface area contributed by atoms with Gasteiger partial charge in [-0.05, 0) is 48.2 Å². The molecular weight excluding hydrogens is 380 g/mol. The second-order valence-electron chi connectivity index (χ2n) is 7.55. The summed E-state index contributed by atoms with van der Waals surface area (Å²) in [4.78, 5) is 28.6. The Balaban J connectivity index is 1.46. The highest BCUT2D eigenvalue weighted by Gasteiger charge is 2.19. The summed E-state index contributed by atoms with van der Waals surface area (Å²) in [5.74, 6) is 0.729. The van der Waals surface area contributed by atoms with Crippen LogP contribution in [0.5, 0.6) is 5.75 Å². The SMILES string of the molecule is COC(=O)c1ccc(CN2CCCN(C(=O)CCc3ccc(OC)cc3)CC2)cc1. The Bertz CT molecular complexity index is 833. The molecule has 30 heavy (non-hydrogen) atoms. The molecule has 1 aliphatic heterocycles. The first kappa shape index (κ1) is 21.8. The van der Waals surface area contributed by atoms with Crippen molar-refractivity contribution in [1.82, 2.24) is 9.80 Å². The highest BCUT2D eigenvalue weighted by molar-refractivity contribution is 5.89. The Morgan fingerprint density at radius 2 is 1.57 bits per heavy atom. The molecule has 6 nitrogen and oxygen atoms in total. The van der Waals surface area contributed by atoms with Gasteiger partial charge in [-0.1, -0.05) is 24.3 Å². The summed E-state index contributed by atoms with van der Waals surface area (Å²) in [6.07, 6.45) is 2.24. The van der Waals surface area contributed by atoms with Gasteiger partial charge in [-0.25, -0.2) is 4.79 Å². The van der Waals surface area contributed by atoms with Crippen molar-refractivity contribution in [3.05, 3.63) is 65.2 Å². The van der Waals surface area contributed by atoms with Crippen LogP contribution in [0.2, 0.25) is 0 Å². The van der Waals surface area contributed by atoms with E-state index in [9.17, 15) is 9.59 Å². The van der Waals surface area contributed by atoms with Gasteiger partial charge in [0.1, 0.15) is 5.75 Å². The van der Waals surface area contributed by atoms with E-state index >= 15 is 0 Å². The monoisotopic (exact) mass is 410 g/mol. The maximum atomic E-state index is 12.7. The van der Waals surface area contributed by atoms with Crippen LogP contribution in [0.1, 0.15) is 34.3 Å². The molecule has 1 amide bonds. The molecular formula is C24H30N2O4. The number of rotatable bonds is 7. The molecule has 0 bridgehead atoms. The number of aryl methyl sites for hydroxylation is 1. The Morgan fingerprint density at radius 1 is 0.867 bits per heavy atom. The summed E-state index contributed by atoms with van der Waals surface area (Å²) < 4.78 is 9.92. The first-order valence-corrected chi connectivity index (χ1v) is 10.4. The molecule has 0 N–H and O–H groups in total. The molecule has 160 valence electrons. The van der Waals surface area contributed by atoms with Crippen LogP contribution in [0.3, 0.4) is 0 Å². The molecule has 0 unspecified atom stereocenters. The minimum absolute atomic E-state index is 0.218. The Morgan fingerprint density at radius 3 is 2.23 bits per heavy atom. The van der Waals surface area contributed by atoms with Crippen molar-refractivity contribution in [2.75, 3.05) is 40.4 Å². The van der Waals surface area contributed by atoms with E-state index in [-0.39, 0.29) is 11.9 Å². The summed E-state index contributed by atoms with van der Waals surface area (Å²) in [6.45, 7) is 4.18. The standard InChI is InChI=1S/C24H30N2O4/c1-29-22-11-6-19(7-12-22)8-13-23(27)26-15-3-14-25(16-17-26)18-20-4-9-21(10-5-20)24(28)30-2/h4-7,9-12H,3,8,13-18H2,1-2H3. The number of benzene rings is 2. The molecule has 3 rings (SSSR count). The van der Waals surface area contributed by atoms with E-state index in [4.69, 9.17) is 9.47 Å². The average molecular weight is 411 g/mol. The van der Waals surface area contributed by atoms with Gasteiger partial charge >= 0.3 is 5.97 Å². The lowest BCUT2D eigenvalue weighted by atomic mass is 10.1. The third-order valence-corrected chi connectivity index (χ3v) is 5.51. The van der Waals surface area contributed by atoms with Gasteiger partial charge in [-0.15, -0.1) is 0 Å². The van der Waals surface area contributed by atoms with Crippen LogP contribution in [0, 0.1) is 0 Å². The Labute approximate surface area is 178 Å². The molecule has 0 aromatic heterocycles. The molecule has 0 radical (unpaired) electrons. The molecule has 2 aromatic rings. The molecule has 1 saturated heterocycles. The van der Waals surface area contributed by atoms with Crippen LogP contribution < -0.4 is 4.74 Å². The molecule has 0 spiro atoms. The van der Waals surface area contributed by atoms with E-state index < -0.39 is 0 Å². The Hall–Kier alpha value is -2.86. The Kier molecular flexibility index (Phi) is 7.85. The number of hydrogen-bond acceptors (Lipinski definition) is 5. The van der Waals surface area contributed by atoms with Crippen LogP contribution in [-0.4, -0.2) is 62.1 Å². The fraction of sp³-hybridized carbons (Fsp3) is 0.417. The predicted molar refractivity (Wildman–Crippen MR) is 116 cm³/mol. The molecule has 1 heterocycles. The van der Waals surface area contributed by atoms with E-state index in [1.807, 2.05) is 41.3 Å². The molecule has 1 aliphatic rings. The lowest BCUT2D eigenvalue weighted by Crippen LogP contribution is -2.35. The lowest BCUT2D eigenvalue weighted by molar-refractivity contribution is -0.131. The van der Waals surface area contributed by atoms with Gasteiger partial charge in [0.2, 0.25) is 5.91 Å². The largest absolute Gasteiger partial charge is 0.497 e. The third-order valence-electron chi connectivity index (χ3n) is 5.51. The summed E-state index contributed by atoms with van der Waals surface area (Å²) in [6, 6.07) is 15.4. The number of amides is 1. The van der Waals surface area contributed by atoms with Crippen LogP contribution >= 0.6 is 0 Å². The highest BCUT2D eigenvalue weighted by Crippen LogP contribution is 2.15. The maximum absolute atomic E-state index is 12.7. The topological polar surface area (TPSA) is 59.1 Å². The summed E-state index contributed by atoms with van der Waals surface area (Å²) in [5.41, 5.74) is 2.86. The van der Waals surface area contributed by atoms with Crippen molar-refractivity contribution in [1.29, 1.82) is 0 Å². The van der Waals surface area contributed by atoms with Crippen molar-refractivity contribution in [3.8, 4) is 5.75 Å². The molecule has 2 aromatic carbocycles. The van der Waals surface area contributed by atoms with Crippen molar-refractivity contribution in [2.45, 2.75) is 25.8 Å². The average Bonchev–Trinajstić information content (AvgIpc) is 3.03. The van der Waals surface area contributed by atoms with Crippen LogP contribution in [0.15, 0.2) is 48.5 Å². The molecule has 6 heteroatoms. The second-order valence-corrected chi connectivity index (χ2v) is 7.55. The smallest absolute Gasteiger partial charge is 0.337 e. The number of carbonyl (C=O) groups excluding carboxylic acids is 2. The van der Waals surface area contributed by atoms with E-state index in [1.165, 1.54) is 7.11 Å². The van der Waals surface area contributed by atoms with Crippen molar-refractivity contribution < 1.29 is 19.1 Å². The minimum Gasteiger partial charge on any atom is -0.497 e. The predicted octanol–water partition coefficient (Wildman–Crippen LogP) is 3.15. The van der Waals surface area contributed by atoms with Gasteiger partial charge in [0.15, 0.2) is 0 Å². The number of carbonyl (C=O) groups is 2. The number of ether oxygens (including phenoxy) is 2. The summed E-state index contributed by atoms with van der Waals surface area (Å²) in [7, 11) is 3.04. The van der Waals surface area contributed by atoms with E-state index in [1.54, 1.807) is 19.2 Å². The normalized spacial score (nSPS) is 14.8. The zero-order valence-electron chi connectivity index (χ0n) is 17.8. The molecule has 0 atom stereocenters. The van der Waals surface area contributed by atoms with Crippen LogP contribution in [-0.2, 0) is 22.5 Å². The van der Waals surface area contributed by atoms with E-state index in [0.717, 1.165) is 62.4 Å². The molecule has 1 fully saturated rings. The van der Waals surface area contributed by atoms with E-state index in [0.29, 0.717) is 12.0 Å². The zero-order chi connectivity index (χ0) is 21.3.